The number of aromatic nitrogens is 1. The summed E-state index contributed by atoms with van der Waals surface area (Å²) in [6, 6.07) is 6.15. The smallest absolute Gasteiger partial charge is 0.339 e. The average molecular weight is 248 g/mol. The summed E-state index contributed by atoms with van der Waals surface area (Å²) in [5, 5.41) is 9.11. The van der Waals surface area contributed by atoms with Gasteiger partial charge in [-0.05, 0) is 19.1 Å². The van der Waals surface area contributed by atoms with Crippen molar-refractivity contribution in [1.82, 2.24) is 4.57 Å². The Morgan fingerprint density at radius 1 is 1.39 bits per heavy atom. The minimum Gasteiger partial charge on any atom is -0.478 e. The largest absolute Gasteiger partial charge is 0.478 e. The molecule has 5 heteroatoms. The fraction of sp³-hybridized carbons (Fsp3) is 0.154. The molecule has 4 nitrogen and oxygen atoms in total. The maximum atomic E-state index is 13.8. The average Bonchev–Trinajstić information content (AvgIpc) is 2.52. The molecule has 2 rings (SSSR count). The van der Waals surface area contributed by atoms with Crippen molar-refractivity contribution < 1.29 is 14.3 Å². The van der Waals surface area contributed by atoms with E-state index in [9.17, 15) is 9.18 Å². The molecule has 0 amide bonds. The third-order valence-electron chi connectivity index (χ3n) is 3.07. The number of carboxylic acids is 1. The first-order chi connectivity index (χ1) is 8.45. The van der Waals surface area contributed by atoms with Crippen molar-refractivity contribution in [3.8, 4) is 11.3 Å². The van der Waals surface area contributed by atoms with E-state index < -0.39 is 11.8 Å². The Labute approximate surface area is 103 Å². The molecule has 3 N–H and O–H groups in total. The highest BCUT2D eigenvalue weighted by molar-refractivity contribution is 5.99. The number of benzene rings is 1. The first kappa shape index (κ1) is 12.2. The van der Waals surface area contributed by atoms with Gasteiger partial charge in [-0.1, -0.05) is 12.1 Å². The van der Waals surface area contributed by atoms with Gasteiger partial charge < -0.3 is 15.4 Å². The molecule has 0 aliphatic heterocycles. The third kappa shape index (κ3) is 1.64. The van der Waals surface area contributed by atoms with Crippen molar-refractivity contribution in [3.05, 3.63) is 41.3 Å². The van der Waals surface area contributed by atoms with E-state index in [1.165, 1.54) is 6.07 Å². The van der Waals surface area contributed by atoms with Gasteiger partial charge in [-0.3, -0.25) is 0 Å². The number of nitrogens with two attached hydrogens (primary N) is 1. The zero-order chi connectivity index (χ0) is 13.4. The lowest BCUT2D eigenvalue weighted by atomic mass is 10.1. The van der Waals surface area contributed by atoms with E-state index in [1.54, 1.807) is 36.7 Å². The number of carboxylic acid groups (broad SMARTS) is 1. The molecule has 0 spiro atoms. The minimum atomic E-state index is -1.11. The van der Waals surface area contributed by atoms with Crippen LogP contribution in [0.25, 0.3) is 11.3 Å². The van der Waals surface area contributed by atoms with Crippen LogP contribution in [0.4, 0.5) is 10.1 Å². The van der Waals surface area contributed by atoms with Crippen molar-refractivity contribution in [1.29, 1.82) is 0 Å². The second-order valence-electron chi connectivity index (χ2n) is 4.07. The van der Waals surface area contributed by atoms with Crippen LogP contribution >= 0.6 is 0 Å². The normalized spacial score (nSPS) is 10.6. The summed E-state index contributed by atoms with van der Waals surface area (Å²) in [4.78, 5) is 11.1. The second kappa shape index (κ2) is 4.18. The summed E-state index contributed by atoms with van der Waals surface area (Å²) in [5.41, 5.74) is 7.14. The first-order valence-corrected chi connectivity index (χ1v) is 5.38. The third-order valence-corrected chi connectivity index (χ3v) is 3.07. The van der Waals surface area contributed by atoms with Gasteiger partial charge in [0.05, 0.1) is 11.4 Å². The molecule has 0 aliphatic carbocycles. The number of nitrogens with zero attached hydrogens (tertiary/aromatic N) is 1. The lowest BCUT2D eigenvalue weighted by Gasteiger charge is -2.07. The first-order valence-electron chi connectivity index (χ1n) is 5.38. The number of nitrogen functional groups attached to an aromatic ring is 1. The number of carbonyl (C=O) groups is 1. The number of halogens is 1. The molecule has 0 unspecified atom stereocenters. The van der Waals surface area contributed by atoms with E-state index in [0.717, 1.165) is 0 Å². The number of hydrogen-bond donors (Lipinski definition) is 2. The number of aromatic carboxylic acids is 1. The van der Waals surface area contributed by atoms with Crippen LogP contribution in [-0.4, -0.2) is 15.6 Å². The van der Waals surface area contributed by atoms with E-state index >= 15 is 0 Å². The highest BCUT2D eigenvalue weighted by atomic mass is 19.1. The van der Waals surface area contributed by atoms with Crippen LogP contribution in [-0.2, 0) is 7.05 Å². The van der Waals surface area contributed by atoms with Crippen molar-refractivity contribution in [2.75, 3.05) is 5.73 Å². The molecular formula is C13H13FN2O2. The summed E-state index contributed by atoms with van der Waals surface area (Å²) in [7, 11) is 1.67. The molecule has 1 heterocycles. The molecule has 0 bridgehead atoms. The molecule has 94 valence electrons. The zero-order valence-corrected chi connectivity index (χ0v) is 10.1. The van der Waals surface area contributed by atoms with E-state index in [1.807, 2.05) is 0 Å². The van der Waals surface area contributed by atoms with Gasteiger partial charge in [0.15, 0.2) is 0 Å². The topological polar surface area (TPSA) is 68.2 Å². The van der Waals surface area contributed by atoms with Crippen molar-refractivity contribution in [2.45, 2.75) is 6.92 Å². The predicted octanol–water partition coefficient (Wildman–Crippen LogP) is 2.42. The van der Waals surface area contributed by atoms with Crippen LogP contribution < -0.4 is 5.73 Å². The van der Waals surface area contributed by atoms with Crippen molar-refractivity contribution in [2.24, 2.45) is 7.05 Å². The minimum absolute atomic E-state index is 0.0238. The number of hydrogen-bond acceptors (Lipinski definition) is 2. The fourth-order valence-corrected chi connectivity index (χ4v) is 2.08. The quantitative estimate of drug-likeness (QED) is 0.857. The molecule has 0 aliphatic rings. The Bertz CT molecular complexity index is 632. The van der Waals surface area contributed by atoms with Gasteiger partial charge in [0.25, 0.3) is 0 Å². The van der Waals surface area contributed by atoms with E-state index in [4.69, 9.17) is 10.8 Å². The molecule has 1 aromatic heterocycles. The molecule has 1 aromatic carbocycles. The van der Waals surface area contributed by atoms with E-state index in [-0.39, 0.29) is 11.3 Å². The van der Waals surface area contributed by atoms with E-state index in [0.29, 0.717) is 17.0 Å². The van der Waals surface area contributed by atoms with Crippen molar-refractivity contribution >= 4 is 11.7 Å². The van der Waals surface area contributed by atoms with Gasteiger partial charge in [-0.2, -0.15) is 0 Å². The van der Waals surface area contributed by atoms with Gasteiger partial charge in [0, 0.05) is 18.3 Å². The van der Waals surface area contributed by atoms with Gasteiger partial charge in [0.2, 0.25) is 0 Å². The predicted molar refractivity (Wildman–Crippen MR) is 66.9 cm³/mol. The summed E-state index contributed by atoms with van der Waals surface area (Å²) < 4.78 is 15.4. The molecule has 0 fully saturated rings. The summed E-state index contributed by atoms with van der Waals surface area (Å²) >= 11 is 0. The van der Waals surface area contributed by atoms with E-state index in [2.05, 4.69) is 0 Å². The number of anilines is 1. The second-order valence-corrected chi connectivity index (χ2v) is 4.07. The monoisotopic (exact) mass is 248 g/mol. The number of rotatable bonds is 2. The van der Waals surface area contributed by atoms with Crippen LogP contribution in [0.1, 0.15) is 16.1 Å². The molecule has 2 aromatic rings. The molecule has 0 saturated heterocycles. The van der Waals surface area contributed by atoms with Gasteiger partial charge >= 0.3 is 5.97 Å². The van der Waals surface area contributed by atoms with Gasteiger partial charge in [-0.15, -0.1) is 0 Å². The van der Waals surface area contributed by atoms with Crippen LogP contribution in [0.15, 0.2) is 24.3 Å². The standard InChI is InChI=1S/C13H13FN2O2/c1-7-10(13(17)18)11(15)12(16(7)2)8-5-3-4-6-9(8)14/h3-6H,15H2,1-2H3,(H,17,18). The van der Waals surface area contributed by atoms with Crippen LogP contribution in [0.3, 0.4) is 0 Å². The highest BCUT2D eigenvalue weighted by Gasteiger charge is 2.23. The maximum absolute atomic E-state index is 13.8. The Morgan fingerprint density at radius 3 is 2.50 bits per heavy atom. The lowest BCUT2D eigenvalue weighted by molar-refractivity contribution is 0.0697. The van der Waals surface area contributed by atoms with Crippen molar-refractivity contribution in [3.63, 3.8) is 0 Å². The lowest BCUT2D eigenvalue weighted by Crippen LogP contribution is -2.01. The zero-order valence-electron chi connectivity index (χ0n) is 10.1. The SMILES string of the molecule is Cc1c(C(=O)O)c(N)c(-c2ccccc2F)n1C. The summed E-state index contributed by atoms with van der Waals surface area (Å²) in [6.07, 6.45) is 0. The summed E-state index contributed by atoms with van der Waals surface area (Å²) in [5.74, 6) is -1.54. The Balaban J connectivity index is 2.78. The maximum Gasteiger partial charge on any atom is 0.339 e. The van der Waals surface area contributed by atoms with Crippen LogP contribution in [0, 0.1) is 12.7 Å². The molecule has 0 atom stereocenters. The Morgan fingerprint density at radius 2 is 2.00 bits per heavy atom. The Kier molecular flexibility index (Phi) is 2.82. The fourth-order valence-electron chi connectivity index (χ4n) is 2.08. The molecule has 0 saturated carbocycles. The molecule has 0 radical (unpaired) electrons. The molecule has 18 heavy (non-hydrogen) atoms. The summed E-state index contributed by atoms with van der Waals surface area (Å²) in [6.45, 7) is 1.64. The van der Waals surface area contributed by atoms with Crippen LogP contribution in [0.5, 0.6) is 0 Å². The van der Waals surface area contributed by atoms with Gasteiger partial charge in [0.1, 0.15) is 11.4 Å². The Hall–Kier alpha value is -2.30. The van der Waals surface area contributed by atoms with Gasteiger partial charge in [-0.25, -0.2) is 9.18 Å². The molecular weight excluding hydrogens is 235 g/mol. The van der Waals surface area contributed by atoms with Crippen LogP contribution in [0.2, 0.25) is 0 Å². The highest BCUT2D eigenvalue weighted by Crippen LogP contribution is 2.34.